The molecule has 0 saturated heterocycles. The summed E-state index contributed by atoms with van der Waals surface area (Å²) < 4.78 is 0. The first-order chi connectivity index (χ1) is 10.2. The number of benzene rings is 1. The van der Waals surface area contributed by atoms with Crippen LogP contribution in [0.3, 0.4) is 0 Å². The van der Waals surface area contributed by atoms with Crippen LogP contribution in [0, 0.1) is 6.92 Å². The predicted molar refractivity (Wildman–Crippen MR) is 88.1 cm³/mol. The number of carbonyl (C=O) groups is 1. The van der Waals surface area contributed by atoms with E-state index in [1.807, 2.05) is 37.3 Å². The largest absolute Gasteiger partial charge is 0.294 e. The molecule has 0 radical (unpaired) electrons. The molecule has 0 aliphatic heterocycles. The molecule has 1 aromatic carbocycles. The van der Waals surface area contributed by atoms with E-state index in [1.165, 1.54) is 4.88 Å². The third kappa shape index (κ3) is 3.37. The smallest absolute Gasteiger partial charge is 0.162 e. The molecule has 2 aromatic heterocycles. The van der Waals surface area contributed by atoms with Gasteiger partial charge in [-0.05, 0) is 55.5 Å². The van der Waals surface area contributed by atoms with Crippen molar-refractivity contribution in [1.29, 1.82) is 0 Å². The molecule has 0 amide bonds. The molecule has 3 aromatic rings. The van der Waals surface area contributed by atoms with E-state index in [2.05, 4.69) is 22.5 Å². The molecule has 0 unspecified atom stereocenters. The maximum atomic E-state index is 12.3. The van der Waals surface area contributed by atoms with Gasteiger partial charge >= 0.3 is 0 Å². The zero-order chi connectivity index (χ0) is 14.7. The summed E-state index contributed by atoms with van der Waals surface area (Å²) in [5.74, 6) is 0.217. The fourth-order valence-electron chi connectivity index (χ4n) is 2.42. The van der Waals surface area contributed by atoms with E-state index >= 15 is 0 Å². The number of pyridine rings is 1. The molecule has 0 atom stereocenters. The summed E-state index contributed by atoms with van der Waals surface area (Å²) in [6.07, 6.45) is 2.49. The second-order valence-electron chi connectivity index (χ2n) is 5.22. The second kappa shape index (κ2) is 6.19. The van der Waals surface area contributed by atoms with Gasteiger partial charge in [0.05, 0.1) is 5.52 Å². The highest BCUT2D eigenvalue weighted by atomic mass is 32.1. The molecule has 0 aliphatic carbocycles. The van der Waals surface area contributed by atoms with Crippen molar-refractivity contribution in [2.75, 3.05) is 0 Å². The van der Waals surface area contributed by atoms with Gasteiger partial charge in [-0.15, -0.1) is 11.3 Å². The Bertz CT molecular complexity index is 762. The number of hydrogen-bond donors (Lipinski definition) is 0. The van der Waals surface area contributed by atoms with Gasteiger partial charge in [0, 0.05) is 27.9 Å². The fraction of sp³-hybridized carbons (Fsp3) is 0.222. The van der Waals surface area contributed by atoms with Crippen LogP contribution in [-0.2, 0) is 6.42 Å². The van der Waals surface area contributed by atoms with E-state index in [0.29, 0.717) is 6.42 Å². The van der Waals surface area contributed by atoms with Gasteiger partial charge in [0.15, 0.2) is 5.78 Å². The van der Waals surface area contributed by atoms with Crippen LogP contribution in [0.4, 0.5) is 0 Å². The molecule has 0 fully saturated rings. The summed E-state index contributed by atoms with van der Waals surface area (Å²) in [5, 5.41) is 3.11. The minimum Gasteiger partial charge on any atom is -0.294 e. The number of fused-ring (bicyclic) bond motifs is 1. The van der Waals surface area contributed by atoms with Crippen LogP contribution in [0.1, 0.15) is 33.8 Å². The topological polar surface area (TPSA) is 30.0 Å². The molecule has 106 valence electrons. The van der Waals surface area contributed by atoms with Crippen molar-refractivity contribution in [2.24, 2.45) is 0 Å². The number of thiophene rings is 1. The van der Waals surface area contributed by atoms with Crippen LogP contribution in [0.25, 0.3) is 10.9 Å². The first kappa shape index (κ1) is 14.0. The zero-order valence-electron chi connectivity index (χ0n) is 12.0. The van der Waals surface area contributed by atoms with Crippen LogP contribution in [0.2, 0.25) is 0 Å². The summed E-state index contributed by atoms with van der Waals surface area (Å²) in [5.41, 5.74) is 2.74. The maximum Gasteiger partial charge on any atom is 0.162 e. The van der Waals surface area contributed by atoms with Gasteiger partial charge in [0.1, 0.15) is 0 Å². The van der Waals surface area contributed by atoms with Crippen LogP contribution in [0.5, 0.6) is 0 Å². The Morgan fingerprint density at radius 1 is 1.19 bits per heavy atom. The van der Waals surface area contributed by atoms with E-state index in [-0.39, 0.29) is 5.78 Å². The number of Topliss-reactive ketones (excluding diaryl/α,β-unsaturated/α-hetero) is 1. The van der Waals surface area contributed by atoms with Crippen molar-refractivity contribution in [3.05, 3.63) is 64.0 Å². The Morgan fingerprint density at radius 2 is 2.10 bits per heavy atom. The molecule has 2 nitrogen and oxygen atoms in total. The standard InChI is InChI=1S/C18H17NOS/c1-13-7-8-14-12-15(9-10-17(14)19-13)18(20)6-2-4-16-5-3-11-21-16/h3,5,7-12H,2,4,6H2,1H3. The summed E-state index contributed by atoms with van der Waals surface area (Å²) in [7, 11) is 0. The molecular formula is C18H17NOS. The normalized spacial score (nSPS) is 10.9. The van der Waals surface area contributed by atoms with E-state index in [1.54, 1.807) is 11.3 Å². The van der Waals surface area contributed by atoms with Crippen molar-refractivity contribution >= 4 is 28.0 Å². The molecule has 3 heteroatoms. The maximum absolute atomic E-state index is 12.3. The first-order valence-electron chi connectivity index (χ1n) is 7.15. The third-order valence-corrected chi connectivity index (χ3v) is 4.49. The van der Waals surface area contributed by atoms with Crippen molar-refractivity contribution in [1.82, 2.24) is 4.98 Å². The number of nitrogens with zero attached hydrogens (tertiary/aromatic N) is 1. The van der Waals surface area contributed by atoms with Gasteiger partial charge in [0.25, 0.3) is 0 Å². The van der Waals surface area contributed by atoms with E-state index < -0.39 is 0 Å². The Morgan fingerprint density at radius 3 is 2.90 bits per heavy atom. The van der Waals surface area contributed by atoms with Crippen LogP contribution in [0.15, 0.2) is 47.8 Å². The lowest BCUT2D eigenvalue weighted by Crippen LogP contribution is -2.00. The summed E-state index contributed by atoms with van der Waals surface area (Å²) in [6, 6.07) is 14.0. The van der Waals surface area contributed by atoms with Crippen molar-refractivity contribution in [2.45, 2.75) is 26.2 Å². The monoisotopic (exact) mass is 295 g/mol. The van der Waals surface area contributed by atoms with E-state index in [9.17, 15) is 4.79 Å². The average Bonchev–Trinajstić information content (AvgIpc) is 3.00. The van der Waals surface area contributed by atoms with Crippen LogP contribution >= 0.6 is 11.3 Å². The second-order valence-corrected chi connectivity index (χ2v) is 6.25. The lowest BCUT2D eigenvalue weighted by atomic mass is 10.0. The number of rotatable bonds is 5. The Labute approximate surface area is 128 Å². The highest BCUT2D eigenvalue weighted by Crippen LogP contribution is 2.18. The molecule has 3 rings (SSSR count). The quantitative estimate of drug-likeness (QED) is 0.632. The Kier molecular flexibility index (Phi) is 4.11. The molecule has 0 spiro atoms. The molecule has 0 N–H and O–H groups in total. The molecule has 2 heterocycles. The minimum atomic E-state index is 0.217. The number of aryl methyl sites for hydroxylation is 2. The summed E-state index contributed by atoms with van der Waals surface area (Å²) >= 11 is 1.75. The van der Waals surface area contributed by atoms with E-state index in [4.69, 9.17) is 0 Å². The van der Waals surface area contributed by atoms with Crippen LogP contribution in [-0.4, -0.2) is 10.8 Å². The fourth-order valence-corrected chi connectivity index (χ4v) is 3.17. The van der Waals surface area contributed by atoms with Crippen molar-refractivity contribution in [3.63, 3.8) is 0 Å². The molecule has 0 aliphatic rings. The zero-order valence-corrected chi connectivity index (χ0v) is 12.8. The Hall–Kier alpha value is -2.00. The van der Waals surface area contributed by atoms with Gasteiger partial charge in [-0.2, -0.15) is 0 Å². The summed E-state index contributed by atoms with van der Waals surface area (Å²) in [6.45, 7) is 1.98. The average molecular weight is 295 g/mol. The number of hydrogen-bond acceptors (Lipinski definition) is 3. The lowest BCUT2D eigenvalue weighted by Gasteiger charge is -2.04. The van der Waals surface area contributed by atoms with Gasteiger partial charge in [-0.3, -0.25) is 9.78 Å². The highest BCUT2D eigenvalue weighted by molar-refractivity contribution is 7.09. The third-order valence-electron chi connectivity index (χ3n) is 3.56. The molecule has 21 heavy (non-hydrogen) atoms. The molecule has 0 bridgehead atoms. The van der Waals surface area contributed by atoms with Gasteiger partial charge in [0.2, 0.25) is 0 Å². The number of ketones is 1. The van der Waals surface area contributed by atoms with Crippen molar-refractivity contribution < 1.29 is 4.79 Å². The van der Waals surface area contributed by atoms with Crippen molar-refractivity contribution in [3.8, 4) is 0 Å². The SMILES string of the molecule is Cc1ccc2cc(C(=O)CCCc3cccs3)ccc2n1. The molecular weight excluding hydrogens is 278 g/mol. The number of carbonyl (C=O) groups excluding carboxylic acids is 1. The van der Waals surface area contributed by atoms with Crippen LogP contribution < -0.4 is 0 Å². The minimum absolute atomic E-state index is 0.217. The summed E-state index contributed by atoms with van der Waals surface area (Å²) in [4.78, 5) is 18.1. The highest BCUT2D eigenvalue weighted by Gasteiger charge is 2.07. The molecule has 0 saturated carbocycles. The predicted octanol–water partition coefficient (Wildman–Crippen LogP) is 4.81. The first-order valence-corrected chi connectivity index (χ1v) is 8.03. The van der Waals surface area contributed by atoms with Gasteiger partial charge < -0.3 is 0 Å². The van der Waals surface area contributed by atoms with Gasteiger partial charge in [-0.25, -0.2) is 0 Å². The van der Waals surface area contributed by atoms with Gasteiger partial charge in [-0.1, -0.05) is 12.1 Å². The Balaban J connectivity index is 1.68. The lowest BCUT2D eigenvalue weighted by molar-refractivity contribution is 0.0980. The number of aromatic nitrogens is 1. The van der Waals surface area contributed by atoms with E-state index in [0.717, 1.165) is 35.0 Å².